The van der Waals surface area contributed by atoms with Crippen LogP contribution in [0.3, 0.4) is 0 Å². The van der Waals surface area contributed by atoms with Crippen molar-refractivity contribution in [2.75, 3.05) is 13.2 Å². The van der Waals surface area contributed by atoms with E-state index in [1.165, 1.54) is 0 Å². The second kappa shape index (κ2) is 5.53. The molecule has 0 unspecified atom stereocenters. The predicted molar refractivity (Wildman–Crippen MR) is 75.8 cm³/mol. The first-order valence-electron chi connectivity index (χ1n) is 7.15. The summed E-state index contributed by atoms with van der Waals surface area (Å²) in [5.41, 5.74) is 1.80. The van der Waals surface area contributed by atoms with E-state index in [9.17, 15) is 4.79 Å². The number of imidazole rings is 1. The largest absolute Gasteiger partial charge is 0.490 e. The molecule has 0 atom stereocenters. The minimum absolute atomic E-state index is 0.184. The van der Waals surface area contributed by atoms with Gasteiger partial charge in [0.05, 0.1) is 12.3 Å². The number of nitrogens with one attached hydrogen (secondary N) is 1. The van der Waals surface area contributed by atoms with Crippen molar-refractivity contribution in [1.29, 1.82) is 0 Å². The highest BCUT2D eigenvalue weighted by molar-refractivity contribution is 5.80. The van der Waals surface area contributed by atoms with E-state index in [1.807, 2.05) is 35.9 Å². The molecule has 0 bridgehead atoms. The average molecular weight is 273 g/mol. The molecule has 0 aromatic carbocycles. The molecule has 1 amide bonds. The van der Waals surface area contributed by atoms with Crippen molar-refractivity contribution >= 4 is 11.6 Å². The van der Waals surface area contributed by atoms with Crippen molar-refractivity contribution in [1.82, 2.24) is 14.7 Å². The molecule has 2 aromatic rings. The van der Waals surface area contributed by atoms with Crippen LogP contribution in [0.5, 0.6) is 5.75 Å². The van der Waals surface area contributed by atoms with Gasteiger partial charge in [0.2, 0.25) is 5.91 Å². The Labute approximate surface area is 118 Å². The summed E-state index contributed by atoms with van der Waals surface area (Å²) in [7, 11) is 0. The molecular formula is C15H19N3O2. The van der Waals surface area contributed by atoms with Crippen LogP contribution >= 0.6 is 0 Å². The summed E-state index contributed by atoms with van der Waals surface area (Å²) in [6.07, 6.45) is 6.76. The first-order valence-corrected chi connectivity index (χ1v) is 7.15. The minimum Gasteiger partial charge on any atom is -0.490 e. The van der Waals surface area contributed by atoms with Crippen molar-refractivity contribution < 1.29 is 9.53 Å². The molecule has 0 saturated heterocycles. The van der Waals surface area contributed by atoms with Gasteiger partial charge in [-0.15, -0.1) is 0 Å². The fourth-order valence-electron chi connectivity index (χ4n) is 2.23. The van der Waals surface area contributed by atoms with E-state index in [-0.39, 0.29) is 11.8 Å². The summed E-state index contributed by atoms with van der Waals surface area (Å²) in [6, 6.07) is 3.86. The number of hydrogen-bond donors (Lipinski definition) is 1. The average Bonchev–Trinajstić information content (AvgIpc) is 3.20. The lowest BCUT2D eigenvalue weighted by atomic mass is 10.3. The van der Waals surface area contributed by atoms with Crippen molar-refractivity contribution in [2.24, 2.45) is 5.92 Å². The summed E-state index contributed by atoms with van der Waals surface area (Å²) in [5.74, 6) is 1.24. The molecule has 5 nitrogen and oxygen atoms in total. The van der Waals surface area contributed by atoms with E-state index in [2.05, 4.69) is 10.3 Å². The molecule has 1 aliphatic carbocycles. The number of nitrogens with zero attached hydrogens (tertiary/aromatic N) is 2. The summed E-state index contributed by atoms with van der Waals surface area (Å²) in [5, 5.41) is 2.96. The molecule has 3 rings (SSSR count). The van der Waals surface area contributed by atoms with E-state index < -0.39 is 0 Å². The molecule has 1 N–H and O–H groups in total. The standard InChI is InChI=1S/C15H19N3O2/c1-2-20-13-4-3-9-18-10-12(17-14(13)18)7-8-16-15(19)11-5-6-11/h3-4,9-11H,2,5-8H2,1H3,(H,16,19). The lowest BCUT2D eigenvalue weighted by Crippen LogP contribution is -2.26. The lowest BCUT2D eigenvalue weighted by molar-refractivity contribution is -0.122. The van der Waals surface area contributed by atoms with Crippen LogP contribution in [0.25, 0.3) is 5.65 Å². The van der Waals surface area contributed by atoms with Crippen LogP contribution in [0.15, 0.2) is 24.5 Å². The monoisotopic (exact) mass is 273 g/mol. The number of carbonyl (C=O) groups is 1. The van der Waals surface area contributed by atoms with Crippen LogP contribution in [-0.4, -0.2) is 28.4 Å². The van der Waals surface area contributed by atoms with Crippen LogP contribution < -0.4 is 10.1 Å². The first-order chi connectivity index (χ1) is 9.78. The summed E-state index contributed by atoms with van der Waals surface area (Å²) < 4.78 is 7.52. The Balaban J connectivity index is 1.65. The normalized spacial score (nSPS) is 14.4. The third-order valence-electron chi connectivity index (χ3n) is 3.43. The van der Waals surface area contributed by atoms with Crippen LogP contribution in [0, 0.1) is 5.92 Å². The third kappa shape index (κ3) is 2.76. The van der Waals surface area contributed by atoms with E-state index in [1.54, 1.807) is 0 Å². The molecule has 20 heavy (non-hydrogen) atoms. The van der Waals surface area contributed by atoms with Gasteiger partial charge in [-0.3, -0.25) is 4.79 Å². The Kier molecular flexibility index (Phi) is 3.58. The Morgan fingerprint density at radius 2 is 2.40 bits per heavy atom. The van der Waals surface area contributed by atoms with Crippen molar-refractivity contribution in [2.45, 2.75) is 26.2 Å². The Morgan fingerprint density at radius 1 is 1.55 bits per heavy atom. The molecule has 2 aromatic heterocycles. The molecular weight excluding hydrogens is 254 g/mol. The van der Waals surface area contributed by atoms with Gasteiger partial charge in [-0.25, -0.2) is 4.98 Å². The van der Waals surface area contributed by atoms with Gasteiger partial charge in [0.25, 0.3) is 0 Å². The molecule has 0 aliphatic heterocycles. The zero-order valence-corrected chi connectivity index (χ0v) is 11.6. The highest BCUT2D eigenvalue weighted by atomic mass is 16.5. The highest BCUT2D eigenvalue weighted by Gasteiger charge is 2.29. The van der Waals surface area contributed by atoms with Gasteiger partial charge in [-0.05, 0) is 31.9 Å². The molecule has 106 valence electrons. The number of ether oxygens (including phenoxy) is 1. The number of rotatable bonds is 6. The van der Waals surface area contributed by atoms with Crippen molar-refractivity contribution in [3.05, 3.63) is 30.2 Å². The topological polar surface area (TPSA) is 55.6 Å². The van der Waals surface area contributed by atoms with Gasteiger partial charge in [0.15, 0.2) is 11.4 Å². The number of carbonyl (C=O) groups excluding carboxylic acids is 1. The van der Waals surface area contributed by atoms with Crippen LogP contribution in [0.2, 0.25) is 0 Å². The smallest absolute Gasteiger partial charge is 0.223 e. The van der Waals surface area contributed by atoms with E-state index in [0.717, 1.165) is 36.4 Å². The van der Waals surface area contributed by atoms with Crippen molar-refractivity contribution in [3.63, 3.8) is 0 Å². The first kappa shape index (κ1) is 13.0. The fraction of sp³-hybridized carbons (Fsp3) is 0.467. The minimum atomic E-state index is 0.184. The van der Waals surface area contributed by atoms with Gasteiger partial charge in [0.1, 0.15) is 0 Å². The summed E-state index contributed by atoms with van der Waals surface area (Å²) in [6.45, 7) is 3.23. The maximum absolute atomic E-state index is 11.6. The van der Waals surface area contributed by atoms with Crippen molar-refractivity contribution in [3.8, 4) is 5.75 Å². The summed E-state index contributed by atoms with van der Waals surface area (Å²) >= 11 is 0. The van der Waals surface area contributed by atoms with E-state index in [4.69, 9.17) is 4.74 Å². The highest BCUT2D eigenvalue weighted by Crippen LogP contribution is 2.28. The number of pyridine rings is 1. The molecule has 5 heteroatoms. The Bertz CT molecular complexity index is 617. The number of amides is 1. The molecule has 1 saturated carbocycles. The molecule has 1 aliphatic rings. The Morgan fingerprint density at radius 3 is 3.15 bits per heavy atom. The van der Waals surface area contributed by atoms with Gasteiger partial charge in [-0.1, -0.05) is 0 Å². The second-order valence-corrected chi connectivity index (χ2v) is 5.08. The van der Waals surface area contributed by atoms with Gasteiger partial charge in [-0.2, -0.15) is 0 Å². The van der Waals surface area contributed by atoms with Crippen LogP contribution in [0.4, 0.5) is 0 Å². The molecule has 1 fully saturated rings. The number of hydrogen-bond acceptors (Lipinski definition) is 3. The number of fused-ring (bicyclic) bond motifs is 1. The third-order valence-corrected chi connectivity index (χ3v) is 3.43. The Hall–Kier alpha value is -2.04. The second-order valence-electron chi connectivity index (χ2n) is 5.08. The summed E-state index contributed by atoms with van der Waals surface area (Å²) in [4.78, 5) is 16.1. The van der Waals surface area contributed by atoms with E-state index >= 15 is 0 Å². The van der Waals surface area contributed by atoms with Crippen LogP contribution in [0.1, 0.15) is 25.5 Å². The van der Waals surface area contributed by atoms with Gasteiger partial charge >= 0.3 is 0 Å². The lowest BCUT2D eigenvalue weighted by Gasteiger charge is -2.03. The zero-order valence-electron chi connectivity index (χ0n) is 11.6. The molecule has 2 heterocycles. The molecule has 0 spiro atoms. The predicted octanol–water partition coefficient (Wildman–Crippen LogP) is 1.80. The maximum Gasteiger partial charge on any atom is 0.223 e. The van der Waals surface area contributed by atoms with Crippen LogP contribution in [-0.2, 0) is 11.2 Å². The van der Waals surface area contributed by atoms with E-state index in [0.29, 0.717) is 13.2 Å². The quantitative estimate of drug-likeness (QED) is 0.873. The maximum atomic E-state index is 11.6. The number of aromatic nitrogens is 2. The fourth-order valence-corrected chi connectivity index (χ4v) is 2.23. The molecule has 0 radical (unpaired) electrons. The SMILES string of the molecule is CCOc1cccn2cc(CCNC(=O)C3CC3)nc12. The zero-order chi connectivity index (χ0) is 13.9. The van der Waals surface area contributed by atoms with Gasteiger partial charge < -0.3 is 14.5 Å². The van der Waals surface area contributed by atoms with Gasteiger partial charge in [0, 0.05) is 31.3 Å².